The smallest absolute Gasteiger partial charge is 0.382 e. The molecule has 1 aromatic rings. The molecule has 1 aromatic carbocycles. The van der Waals surface area contributed by atoms with Crippen LogP contribution in [0.15, 0.2) is 29.3 Å². The second-order valence-electron chi connectivity index (χ2n) is 5.72. The van der Waals surface area contributed by atoms with Gasteiger partial charge in [-0.05, 0) is 30.7 Å². The van der Waals surface area contributed by atoms with E-state index >= 15 is 0 Å². The number of guanidine groups is 1. The number of benzene rings is 1. The molecule has 0 unspecified atom stereocenters. The van der Waals surface area contributed by atoms with Crippen LogP contribution in [0, 0.1) is 0 Å². The van der Waals surface area contributed by atoms with Crippen molar-refractivity contribution in [1.29, 1.82) is 0 Å². The van der Waals surface area contributed by atoms with Crippen molar-refractivity contribution in [3.63, 3.8) is 0 Å². The van der Waals surface area contributed by atoms with E-state index in [0.29, 0.717) is 45.4 Å². The Morgan fingerprint density at radius 1 is 1.00 bits per heavy atom. The highest BCUT2D eigenvalue weighted by molar-refractivity contribution is 14.0. The molecule has 1 rings (SSSR count). The molecule has 0 saturated heterocycles. The van der Waals surface area contributed by atoms with Crippen LogP contribution in [0.2, 0.25) is 0 Å². The zero-order chi connectivity index (χ0) is 20.8. The quantitative estimate of drug-likeness (QED) is 0.176. The standard InChI is InChI=1S/C18H27F3N4O3.HI/c1-22-17(24-8-3-11-28-13-12-27-2)25-10-9-23-16(26)14-4-6-15(7-5-14)18(19,20)21;/h4-7H,3,8-13H2,1-2H3,(H,23,26)(H2,22,24,25);1H. The monoisotopic (exact) mass is 532 g/mol. The van der Waals surface area contributed by atoms with Crippen molar-refractivity contribution in [3.8, 4) is 0 Å². The average molecular weight is 532 g/mol. The number of rotatable bonds is 11. The summed E-state index contributed by atoms with van der Waals surface area (Å²) in [5.74, 6) is 0.146. The number of nitrogens with zero attached hydrogens (tertiary/aromatic N) is 1. The molecule has 0 spiro atoms. The molecule has 0 fully saturated rings. The Morgan fingerprint density at radius 2 is 1.62 bits per heavy atom. The fourth-order valence-electron chi connectivity index (χ4n) is 2.12. The van der Waals surface area contributed by atoms with Crippen molar-refractivity contribution < 1.29 is 27.4 Å². The lowest BCUT2D eigenvalue weighted by Gasteiger charge is -2.12. The summed E-state index contributed by atoms with van der Waals surface area (Å²) in [6, 6.07) is 4.08. The first-order chi connectivity index (χ1) is 13.4. The molecule has 0 radical (unpaired) electrons. The molecule has 0 aromatic heterocycles. The van der Waals surface area contributed by atoms with Crippen LogP contribution in [0.25, 0.3) is 0 Å². The molecule has 0 bridgehead atoms. The highest BCUT2D eigenvalue weighted by Gasteiger charge is 2.30. The van der Waals surface area contributed by atoms with E-state index in [1.54, 1.807) is 14.2 Å². The van der Waals surface area contributed by atoms with E-state index in [1.807, 2.05) is 0 Å². The number of ether oxygens (including phenoxy) is 2. The van der Waals surface area contributed by atoms with Crippen LogP contribution in [-0.4, -0.2) is 65.5 Å². The topological polar surface area (TPSA) is 84.0 Å². The summed E-state index contributed by atoms with van der Waals surface area (Å²) in [6.45, 7) is 3.11. The normalized spacial score (nSPS) is 11.6. The number of halogens is 4. The van der Waals surface area contributed by atoms with Crippen molar-refractivity contribution in [3.05, 3.63) is 35.4 Å². The summed E-state index contributed by atoms with van der Waals surface area (Å²) < 4.78 is 47.8. The summed E-state index contributed by atoms with van der Waals surface area (Å²) >= 11 is 0. The number of carbonyl (C=O) groups excluding carboxylic acids is 1. The van der Waals surface area contributed by atoms with E-state index in [0.717, 1.165) is 30.7 Å². The van der Waals surface area contributed by atoms with Crippen LogP contribution in [0.3, 0.4) is 0 Å². The van der Waals surface area contributed by atoms with Gasteiger partial charge in [-0.2, -0.15) is 13.2 Å². The molecule has 0 atom stereocenters. The summed E-state index contributed by atoms with van der Waals surface area (Å²) in [6.07, 6.45) is -3.62. The van der Waals surface area contributed by atoms with Crippen molar-refractivity contribution >= 4 is 35.8 Å². The minimum absolute atomic E-state index is 0. The van der Waals surface area contributed by atoms with Crippen molar-refractivity contribution in [2.45, 2.75) is 12.6 Å². The number of alkyl halides is 3. The first-order valence-corrected chi connectivity index (χ1v) is 8.85. The Balaban J connectivity index is 0.00000784. The zero-order valence-electron chi connectivity index (χ0n) is 16.5. The first-order valence-electron chi connectivity index (χ1n) is 8.85. The number of methoxy groups -OCH3 is 1. The summed E-state index contributed by atoms with van der Waals surface area (Å²) in [7, 11) is 3.25. The molecular formula is C18H28F3IN4O3. The third-order valence-electron chi connectivity index (χ3n) is 3.59. The second kappa shape index (κ2) is 15.3. The van der Waals surface area contributed by atoms with E-state index in [-0.39, 0.29) is 29.5 Å². The fourth-order valence-corrected chi connectivity index (χ4v) is 2.12. The predicted octanol–water partition coefficient (Wildman–Crippen LogP) is 2.27. The Kier molecular flexibility index (Phi) is 14.4. The first kappa shape index (κ1) is 27.4. The van der Waals surface area contributed by atoms with Gasteiger partial charge >= 0.3 is 6.18 Å². The predicted molar refractivity (Wildman–Crippen MR) is 116 cm³/mol. The van der Waals surface area contributed by atoms with Crippen LogP contribution in [0.5, 0.6) is 0 Å². The molecule has 0 aliphatic heterocycles. The van der Waals surface area contributed by atoms with E-state index in [2.05, 4.69) is 20.9 Å². The van der Waals surface area contributed by atoms with Gasteiger partial charge in [0.05, 0.1) is 18.8 Å². The van der Waals surface area contributed by atoms with E-state index in [9.17, 15) is 18.0 Å². The Morgan fingerprint density at radius 3 is 2.21 bits per heavy atom. The highest BCUT2D eigenvalue weighted by Crippen LogP contribution is 2.28. The van der Waals surface area contributed by atoms with Gasteiger partial charge in [0.25, 0.3) is 5.91 Å². The summed E-state index contributed by atoms with van der Waals surface area (Å²) in [4.78, 5) is 16.0. The van der Waals surface area contributed by atoms with Gasteiger partial charge in [-0.3, -0.25) is 9.79 Å². The molecule has 0 aliphatic carbocycles. The van der Waals surface area contributed by atoms with Gasteiger partial charge in [0.15, 0.2) is 5.96 Å². The molecule has 166 valence electrons. The lowest BCUT2D eigenvalue weighted by atomic mass is 10.1. The van der Waals surface area contributed by atoms with E-state index in [1.165, 1.54) is 0 Å². The summed E-state index contributed by atoms with van der Waals surface area (Å²) in [5, 5.41) is 8.78. The molecule has 0 saturated carbocycles. The van der Waals surface area contributed by atoms with Crippen molar-refractivity contribution in [2.75, 3.05) is 53.6 Å². The molecule has 11 heteroatoms. The zero-order valence-corrected chi connectivity index (χ0v) is 18.8. The van der Waals surface area contributed by atoms with Crippen molar-refractivity contribution in [2.24, 2.45) is 4.99 Å². The maximum atomic E-state index is 12.5. The lowest BCUT2D eigenvalue weighted by molar-refractivity contribution is -0.137. The van der Waals surface area contributed by atoms with Gasteiger partial charge < -0.3 is 25.4 Å². The number of hydrogen-bond donors (Lipinski definition) is 3. The Hall–Kier alpha value is -1.60. The number of carbonyl (C=O) groups is 1. The Bertz CT molecular complexity index is 613. The maximum Gasteiger partial charge on any atom is 0.416 e. The van der Waals surface area contributed by atoms with Crippen LogP contribution in [0.4, 0.5) is 13.2 Å². The molecule has 7 nitrogen and oxygen atoms in total. The Labute approximate surface area is 185 Å². The third-order valence-corrected chi connectivity index (χ3v) is 3.59. The number of hydrogen-bond acceptors (Lipinski definition) is 4. The van der Waals surface area contributed by atoms with E-state index < -0.39 is 17.6 Å². The number of aliphatic imine (C=N–C) groups is 1. The van der Waals surface area contributed by atoms with Crippen LogP contribution in [0.1, 0.15) is 22.3 Å². The third kappa shape index (κ3) is 11.9. The number of nitrogens with one attached hydrogen (secondary N) is 3. The highest BCUT2D eigenvalue weighted by atomic mass is 127. The van der Waals surface area contributed by atoms with Crippen LogP contribution >= 0.6 is 24.0 Å². The second-order valence-corrected chi connectivity index (χ2v) is 5.72. The van der Waals surface area contributed by atoms with Gasteiger partial charge in [-0.1, -0.05) is 0 Å². The summed E-state index contributed by atoms with van der Waals surface area (Å²) in [5.41, 5.74) is -0.617. The minimum Gasteiger partial charge on any atom is -0.382 e. The maximum absolute atomic E-state index is 12.5. The van der Waals surface area contributed by atoms with Crippen LogP contribution < -0.4 is 16.0 Å². The van der Waals surface area contributed by atoms with Crippen molar-refractivity contribution in [1.82, 2.24) is 16.0 Å². The molecule has 3 N–H and O–H groups in total. The average Bonchev–Trinajstić information content (AvgIpc) is 2.68. The molecular weight excluding hydrogens is 504 g/mol. The van der Waals surface area contributed by atoms with Gasteiger partial charge in [-0.25, -0.2) is 0 Å². The molecule has 0 aliphatic rings. The largest absolute Gasteiger partial charge is 0.416 e. The van der Waals surface area contributed by atoms with Gasteiger partial charge in [0.2, 0.25) is 0 Å². The van der Waals surface area contributed by atoms with Gasteiger partial charge in [0.1, 0.15) is 0 Å². The SMILES string of the molecule is CN=C(NCCCOCCOC)NCCNC(=O)c1ccc(C(F)(F)F)cc1.I. The lowest BCUT2D eigenvalue weighted by Crippen LogP contribution is -2.42. The van der Waals surface area contributed by atoms with Crippen LogP contribution in [-0.2, 0) is 15.7 Å². The van der Waals surface area contributed by atoms with Gasteiger partial charge in [0, 0.05) is 46.0 Å². The number of amides is 1. The minimum atomic E-state index is -4.42. The fraction of sp³-hybridized carbons (Fsp3) is 0.556. The van der Waals surface area contributed by atoms with Gasteiger partial charge in [-0.15, -0.1) is 24.0 Å². The van der Waals surface area contributed by atoms with E-state index in [4.69, 9.17) is 9.47 Å². The molecule has 1 amide bonds. The molecule has 0 heterocycles. The molecule has 29 heavy (non-hydrogen) atoms.